The highest BCUT2D eigenvalue weighted by Gasteiger charge is 2.22. The van der Waals surface area contributed by atoms with Gasteiger partial charge in [0.15, 0.2) is 5.78 Å². The van der Waals surface area contributed by atoms with E-state index >= 15 is 0 Å². The van der Waals surface area contributed by atoms with Gasteiger partial charge in [-0.2, -0.15) is 0 Å². The first kappa shape index (κ1) is 12.7. The van der Waals surface area contributed by atoms with E-state index in [9.17, 15) is 4.79 Å². The van der Waals surface area contributed by atoms with Crippen LogP contribution < -0.4 is 4.74 Å². The fourth-order valence-corrected chi connectivity index (χ4v) is 2.56. The predicted molar refractivity (Wildman–Crippen MR) is 80.1 cm³/mol. The van der Waals surface area contributed by atoms with Crippen molar-refractivity contribution in [3.8, 4) is 5.75 Å². The zero-order valence-corrected chi connectivity index (χ0v) is 11.4. The zero-order valence-electron chi connectivity index (χ0n) is 11.4. The summed E-state index contributed by atoms with van der Waals surface area (Å²) in [5.41, 5.74) is 3.83. The molecule has 2 aromatic rings. The lowest BCUT2D eigenvalue weighted by Gasteiger charge is -2.18. The molecule has 2 nitrogen and oxygen atoms in total. The first-order valence-corrected chi connectivity index (χ1v) is 6.75. The number of carbonyl (C=O) groups is 1. The van der Waals surface area contributed by atoms with Gasteiger partial charge < -0.3 is 4.74 Å². The Kier molecular flexibility index (Phi) is 3.38. The second-order valence-electron chi connectivity index (χ2n) is 4.93. The van der Waals surface area contributed by atoms with Crippen LogP contribution in [0.3, 0.4) is 0 Å². The molecule has 0 N–H and O–H groups in total. The molecule has 2 heteroatoms. The highest BCUT2D eigenvalue weighted by molar-refractivity contribution is 6.13. The molecule has 0 spiro atoms. The number of hydrogen-bond donors (Lipinski definition) is 0. The highest BCUT2D eigenvalue weighted by atomic mass is 16.5. The van der Waals surface area contributed by atoms with E-state index < -0.39 is 0 Å². The van der Waals surface area contributed by atoms with Crippen LogP contribution in [0.2, 0.25) is 0 Å². The number of carbonyl (C=O) groups excluding carboxylic acids is 1. The van der Waals surface area contributed by atoms with E-state index in [1.54, 1.807) is 7.11 Å². The summed E-state index contributed by atoms with van der Waals surface area (Å²) in [6.45, 7) is 0. The van der Waals surface area contributed by atoms with E-state index in [-0.39, 0.29) is 5.78 Å². The number of rotatable bonds is 2. The first-order chi connectivity index (χ1) is 9.78. The SMILES string of the molecule is COc1ccc2c(c1)C(=O)/C(=C\c1ccccc1)CC2. The monoisotopic (exact) mass is 264 g/mol. The molecule has 1 aliphatic rings. The van der Waals surface area contributed by atoms with Gasteiger partial charge in [0, 0.05) is 11.1 Å². The Morgan fingerprint density at radius 2 is 1.85 bits per heavy atom. The number of fused-ring (bicyclic) bond motifs is 1. The van der Waals surface area contributed by atoms with Crippen LogP contribution in [-0.2, 0) is 6.42 Å². The lowest BCUT2D eigenvalue weighted by atomic mass is 9.86. The van der Waals surface area contributed by atoms with Crippen molar-refractivity contribution in [2.75, 3.05) is 7.11 Å². The van der Waals surface area contributed by atoms with Gasteiger partial charge >= 0.3 is 0 Å². The number of ether oxygens (including phenoxy) is 1. The normalized spacial score (nSPS) is 16.1. The molecule has 2 aromatic carbocycles. The third-order valence-electron chi connectivity index (χ3n) is 3.66. The Morgan fingerprint density at radius 3 is 2.60 bits per heavy atom. The number of benzene rings is 2. The van der Waals surface area contributed by atoms with Crippen molar-refractivity contribution in [1.82, 2.24) is 0 Å². The van der Waals surface area contributed by atoms with Crippen molar-refractivity contribution in [3.05, 3.63) is 70.8 Å². The van der Waals surface area contributed by atoms with Gasteiger partial charge in [0.2, 0.25) is 0 Å². The van der Waals surface area contributed by atoms with Crippen molar-refractivity contribution in [1.29, 1.82) is 0 Å². The number of hydrogen-bond acceptors (Lipinski definition) is 2. The maximum absolute atomic E-state index is 12.6. The molecule has 0 amide bonds. The van der Waals surface area contributed by atoms with Crippen LogP contribution in [0.25, 0.3) is 6.08 Å². The fraction of sp³-hybridized carbons (Fsp3) is 0.167. The molecule has 0 fully saturated rings. The molecule has 0 saturated heterocycles. The topological polar surface area (TPSA) is 26.3 Å². The number of allylic oxidation sites excluding steroid dienone is 1. The summed E-state index contributed by atoms with van der Waals surface area (Å²) in [5.74, 6) is 0.854. The van der Waals surface area contributed by atoms with Gasteiger partial charge in [-0.15, -0.1) is 0 Å². The highest BCUT2D eigenvalue weighted by Crippen LogP contribution is 2.29. The standard InChI is InChI=1S/C18H16O2/c1-20-16-10-9-14-7-8-15(18(19)17(14)12-16)11-13-5-3-2-4-6-13/h2-6,9-12H,7-8H2,1H3/b15-11-. The lowest BCUT2D eigenvalue weighted by molar-refractivity contribution is 0.102. The average molecular weight is 264 g/mol. The van der Waals surface area contributed by atoms with Crippen molar-refractivity contribution in [2.24, 2.45) is 0 Å². The third-order valence-corrected chi connectivity index (χ3v) is 3.66. The molecule has 20 heavy (non-hydrogen) atoms. The van der Waals surface area contributed by atoms with E-state index in [0.29, 0.717) is 0 Å². The minimum Gasteiger partial charge on any atom is -0.497 e. The lowest BCUT2D eigenvalue weighted by Crippen LogP contribution is -2.14. The van der Waals surface area contributed by atoms with Gasteiger partial charge in [0.1, 0.15) is 5.75 Å². The third kappa shape index (κ3) is 2.37. The number of methoxy groups -OCH3 is 1. The number of ketones is 1. The minimum absolute atomic E-state index is 0.119. The van der Waals surface area contributed by atoms with Gasteiger partial charge in [-0.25, -0.2) is 0 Å². The molecule has 0 heterocycles. The molecule has 0 atom stereocenters. The summed E-state index contributed by atoms with van der Waals surface area (Å²) in [6.07, 6.45) is 3.70. The van der Waals surface area contributed by atoms with Gasteiger partial charge in [-0.3, -0.25) is 4.79 Å². The summed E-state index contributed by atoms with van der Waals surface area (Å²) in [6, 6.07) is 15.7. The number of Topliss-reactive ketones (excluding diaryl/α,β-unsaturated/α-hetero) is 1. The Morgan fingerprint density at radius 1 is 1.05 bits per heavy atom. The summed E-state index contributed by atoms with van der Waals surface area (Å²) < 4.78 is 5.21. The largest absolute Gasteiger partial charge is 0.497 e. The fourth-order valence-electron chi connectivity index (χ4n) is 2.56. The second-order valence-corrected chi connectivity index (χ2v) is 4.93. The van der Waals surface area contributed by atoms with Crippen molar-refractivity contribution >= 4 is 11.9 Å². The predicted octanol–water partition coefficient (Wildman–Crippen LogP) is 3.91. The Bertz CT molecular complexity index is 669. The van der Waals surface area contributed by atoms with Crippen molar-refractivity contribution in [3.63, 3.8) is 0 Å². The van der Waals surface area contributed by atoms with Crippen LogP contribution in [0.1, 0.15) is 27.9 Å². The molecule has 0 aromatic heterocycles. The van der Waals surface area contributed by atoms with Gasteiger partial charge in [0.05, 0.1) is 7.11 Å². The smallest absolute Gasteiger partial charge is 0.189 e. The van der Waals surface area contributed by atoms with Gasteiger partial charge in [0.25, 0.3) is 0 Å². The molecular formula is C18H16O2. The van der Waals surface area contributed by atoms with E-state index in [2.05, 4.69) is 0 Å². The molecule has 3 rings (SSSR count). The maximum Gasteiger partial charge on any atom is 0.189 e. The quantitative estimate of drug-likeness (QED) is 0.769. The molecule has 0 bridgehead atoms. The molecule has 0 unspecified atom stereocenters. The van der Waals surface area contributed by atoms with Crippen molar-refractivity contribution in [2.45, 2.75) is 12.8 Å². The van der Waals surface area contributed by atoms with Crippen LogP contribution in [-0.4, -0.2) is 12.9 Å². The maximum atomic E-state index is 12.6. The second kappa shape index (κ2) is 5.33. The molecule has 0 aliphatic heterocycles. The Balaban J connectivity index is 1.98. The Hall–Kier alpha value is -2.35. The number of aryl methyl sites for hydroxylation is 1. The Labute approximate surface area is 118 Å². The van der Waals surface area contributed by atoms with Crippen LogP contribution >= 0.6 is 0 Å². The molecule has 1 aliphatic carbocycles. The van der Waals surface area contributed by atoms with Crippen molar-refractivity contribution < 1.29 is 9.53 Å². The zero-order chi connectivity index (χ0) is 13.9. The summed E-state index contributed by atoms with van der Waals surface area (Å²) in [4.78, 5) is 12.6. The van der Waals surface area contributed by atoms with Gasteiger partial charge in [-0.1, -0.05) is 36.4 Å². The summed E-state index contributed by atoms with van der Waals surface area (Å²) in [5, 5.41) is 0. The van der Waals surface area contributed by atoms with E-state index in [0.717, 1.165) is 40.9 Å². The molecular weight excluding hydrogens is 248 g/mol. The molecule has 0 radical (unpaired) electrons. The molecule has 100 valence electrons. The molecule has 0 saturated carbocycles. The van der Waals surface area contributed by atoms with Crippen LogP contribution in [0.15, 0.2) is 54.1 Å². The van der Waals surface area contributed by atoms with E-state index in [4.69, 9.17) is 4.74 Å². The van der Waals surface area contributed by atoms with E-state index in [1.165, 1.54) is 0 Å². The summed E-state index contributed by atoms with van der Waals surface area (Å²) in [7, 11) is 1.62. The average Bonchev–Trinajstić information content (AvgIpc) is 2.51. The van der Waals surface area contributed by atoms with Crippen LogP contribution in [0.5, 0.6) is 5.75 Å². The van der Waals surface area contributed by atoms with Gasteiger partial charge in [-0.05, 0) is 42.2 Å². The van der Waals surface area contributed by atoms with E-state index in [1.807, 2.05) is 54.6 Å². The first-order valence-electron chi connectivity index (χ1n) is 6.75. The minimum atomic E-state index is 0.119. The van der Waals surface area contributed by atoms with Crippen LogP contribution in [0.4, 0.5) is 0 Å². The van der Waals surface area contributed by atoms with Crippen LogP contribution in [0, 0.1) is 0 Å². The summed E-state index contributed by atoms with van der Waals surface area (Å²) >= 11 is 0.